The molecule has 0 aromatic carbocycles. The number of amides is 1. The van der Waals surface area contributed by atoms with Crippen LogP contribution in [0, 0.1) is 23.3 Å². The third kappa shape index (κ3) is 4.16. The Morgan fingerprint density at radius 1 is 1.32 bits per heavy atom. The summed E-state index contributed by atoms with van der Waals surface area (Å²) in [5.41, 5.74) is -0.462. The summed E-state index contributed by atoms with van der Waals surface area (Å²) >= 11 is 0. The predicted molar refractivity (Wildman–Crippen MR) is 72.3 cm³/mol. The van der Waals surface area contributed by atoms with Crippen molar-refractivity contribution in [3.8, 4) is 6.19 Å². The Labute approximate surface area is 131 Å². The predicted octanol–water partition coefficient (Wildman–Crippen LogP) is 1.32. The molecule has 2 aliphatic rings. The third-order valence-electron chi connectivity index (χ3n) is 3.66. The van der Waals surface area contributed by atoms with Gasteiger partial charge in [0, 0.05) is 43.0 Å². The SMILES string of the molecule is CC(C)(C)OC(=O)NC1[C@@H]2CC[C@H]1CN(C#N)C2.[Sn]. The molecule has 1 unspecified atom stereocenters. The van der Waals surface area contributed by atoms with E-state index >= 15 is 0 Å². The number of nitrogens with zero attached hydrogens (tertiary/aromatic N) is 2. The van der Waals surface area contributed by atoms with Crippen molar-refractivity contribution in [1.82, 2.24) is 10.2 Å². The van der Waals surface area contributed by atoms with E-state index in [1.807, 2.05) is 20.8 Å². The van der Waals surface area contributed by atoms with Gasteiger partial charge in [0.05, 0.1) is 0 Å². The van der Waals surface area contributed by atoms with Gasteiger partial charge < -0.3 is 15.0 Å². The number of fused-ring (bicyclic) bond motifs is 2. The van der Waals surface area contributed by atoms with Crippen molar-refractivity contribution in [1.29, 1.82) is 5.26 Å². The standard InChI is InChI=1S/C13H21N3O2.Sn/c1-13(2,3)18-12(17)15-11-9-4-5-10(11)7-16(6-9)8-14;/h9-11H,4-7H2,1-3H3,(H,15,17);/t9-,10+,11?;. The Hall–Kier alpha value is -0.641. The van der Waals surface area contributed by atoms with Gasteiger partial charge in [-0.1, -0.05) is 0 Å². The largest absolute Gasteiger partial charge is 0.444 e. The van der Waals surface area contributed by atoms with Crippen LogP contribution in [0.3, 0.4) is 0 Å². The number of piperidine rings is 1. The summed E-state index contributed by atoms with van der Waals surface area (Å²) in [6, 6.07) is 0.171. The first-order valence-corrected chi connectivity index (χ1v) is 6.53. The number of hydrogen-bond acceptors (Lipinski definition) is 4. The van der Waals surface area contributed by atoms with E-state index in [2.05, 4.69) is 11.5 Å². The summed E-state index contributed by atoms with van der Waals surface area (Å²) in [7, 11) is 0. The molecule has 2 rings (SSSR count). The van der Waals surface area contributed by atoms with E-state index in [0.717, 1.165) is 25.9 Å². The number of ether oxygens (including phenoxy) is 1. The van der Waals surface area contributed by atoms with Gasteiger partial charge in [-0.25, -0.2) is 4.79 Å². The van der Waals surface area contributed by atoms with Crippen molar-refractivity contribution < 1.29 is 9.53 Å². The van der Waals surface area contributed by atoms with E-state index in [4.69, 9.17) is 10.00 Å². The Morgan fingerprint density at radius 3 is 2.26 bits per heavy atom. The molecule has 2 fully saturated rings. The number of hydrogen-bond donors (Lipinski definition) is 1. The van der Waals surface area contributed by atoms with Crippen LogP contribution in [0.1, 0.15) is 33.6 Å². The Bertz CT molecular complexity index is 361. The molecule has 5 nitrogen and oxygen atoms in total. The van der Waals surface area contributed by atoms with E-state index in [0.29, 0.717) is 11.8 Å². The molecule has 6 heteroatoms. The summed E-state index contributed by atoms with van der Waals surface area (Å²) in [6.07, 6.45) is 4.04. The molecule has 1 aliphatic carbocycles. The van der Waals surface area contributed by atoms with Crippen molar-refractivity contribution in [3.05, 3.63) is 0 Å². The maximum Gasteiger partial charge on any atom is 0.407 e. The van der Waals surface area contributed by atoms with Gasteiger partial charge in [-0.15, -0.1) is 0 Å². The average molecular weight is 370 g/mol. The molecular weight excluding hydrogens is 349 g/mol. The van der Waals surface area contributed by atoms with Gasteiger partial charge in [0.25, 0.3) is 0 Å². The summed E-state index contributed by atoms with van der Waals surface area (Å²) in [6.45, 7) is 7.10. The normalized spacial score (nSPS) is 29.2. The fourth-order valence-corrected chi connectivity index (χ4v) is 2.98. The molecule has 1 amide bonds. The topological polar surface area (TPSA) is 65.4 Å². The van der Waals surface area contributed by atoms with Crippen LogP contribution in [0.25, 0.3) is 0 Å². The molecule has 0 spiro atoms. The summed E-state index contributed by atoms with van der Waals surface area (Å²) in [4.78, 5) is 13.6. The molecule has 0 aromatic rings. The zero-order chi connectivity index (χ0) is 13.3. The molecule has 104 valence electrons. The van der Waals surface area contributed by atoms with Crippen molar-refractivity contribution >= 4 is 30.0 Å². The van der Waals surface area contributed by atoms with Gasteiger partial charge >= 0.3 is 6.09 Å². The first-order chi connectivity index (χ1) is 8.39. The van der Waals surface area contributed by atoms with Crippen molar-refractivity contribution in [2.24, 2.45) is 11.8 Å². The maximum absolute atomic E-state index is 11.8. The van der Waals surface area contributed by atoms with Crippen LogP contribution < -0.4 is 5.32 Å². The second-order valence-electron chi connectivity index (χ2n) is 6.27. The summed E-state index contributed by atoms with van der Waals surface area (Å²) < 4.78 is 5.29. The third-order valence-corrected chi connectivity index (χ3v) is 3.66. The minimum absolute atomic E-state index is 0. The van der Waals surface area contributed by atoms with Gasteiger partial charge in [0.2, 0.25) is 0 Å². The van der Waals surface area contributed by atoms with Crippen molar-refractivity contribution in [2.75, 3.05) is 13.1 Å². The number of nitrogens with one attached hydrogen (secondary N) is 1. The number of likely N-dealkylation sites (tertiary alicyclic amines) is 1. The second kappa shape index (κ2) is 6.21. The fraction of sp³-hybridized carbons (Fsp3) is 0.846. The van der Waals surface area contributed by atoms with E-state index < -0.39 is 5.60 Å². The van der Waals surface area contributed by atoms with E-state index in [1.165, 1.54) is 0 Å². The van der Waals surface area contributed by atoms with Gasteiger partial charge in [0.1, 0.15) is 5.60 Å². The number of carbonyl (C=O) groups is 1. The molecule has 1 N–H and O–H groups in total. The molecule has 1 saturated heterocycles. The van der Waals surface area contributed by atoms with Gasteiger partial charge in [-0.05, 0) is 45.4 Å². The maximum atomic E-state index is 11.8. The minimum atomic E-state index is -0.462. The van der Waals surface area contributed by atoms with Crippen LogP contribution in [-0.4, -0.2) is 59.6 Å². The molecule has 3 atom stereocenters. The number of nitriles is 1. The number of rotatable bonds is 1. The molecule has 1 heterocycles. The first-order valence-electron chi connectivity index (χ1n) is 6.53. The van der Waals surface area contributed by atoms with Gasteiger partial charge in [-0.2, -0.15) is 5.26 Å². The van der Waals surface area contributed by atoms with Crippen molar-refractivity contribution in [3.63, 3.8) is 0 Å². The first kappa shape index (κ1) is 16.4. The number of alkyl carbamates (subject to hydrolysis) is 1. The molecule has 19 heavy (non-hydrogen) atoms. The zero-order valence-corrected chi connectivity index (χ0v) is 14.6. The van der Waals surface area contributed by atoms with E-state index in [-0.39, 0.29) is 36.0 Å². The monoisotopic (exact) mass is 371 g/mol. The fourth-order valence-electron chi connectivity index (χ4n) is 2.98. The minimum Gasteiger partial charge on any atom is -0.444 e. The van der Waals surface area contributed by atoms with Crippen LogP contribution in [-0.2, 0) is 4.74 Å². The summed E-state index contributed by atoms with van der Waals surface area (Å²) in [5, 5.41) is 11.9. The van der Waals surface area contributed by atoms with Crippen LogP contribution in [0.4, 0.5) is 4.79 Å². The Balaban J connectivity index is 0.00000180. The van der Waals surface area contributed by atoms with Crippen LogP contribution >= 0.6 is 0 Å². The molecule has 0 aromatic heterocycles. The number of carbonyl (C=O) groups excluding carboxylic acids is 1. The van der Waals surface area contributed by atoms with Gasteiger partial charge in [-0.3, -0.25) is 0 Å². The van der Waals surface area contributed by atoms with Crippen molar-refractivity contribution in [2.45, 2.75) is 45.3 Å². The van der Waals surface area contributed by atoms with Crippen LogP contribution in [0.5, 0.6) is 0 Å². The quantitative estimate of drug-likeness (QED) is 0.559. The summed E-state index contributed by atoms with van der Waals surface area (Å²) in [5.74, 6) is 0.770. The van der Waals surface area contributed by atoms with E-state index in [9.17, 15) is 4.79 Å². The van der Waals surface area contributed by atoms with E-state index in [1.54, 1.807) is 4.90 Å². The van der Waals surface area contributed by atoms with Gasteiger partial charge in [0.15, 0.2) is 6.19 Å². The van der Waals surface area contributed by atoms with Crippen LogP contribution in [0.2, 0.25) is 0 Å². The molecule has 2 bridgehead atoms. The van der Waals surface area contributed by atoms with Crippen LogP contribution in [0.15, 0.2) is 0 Å². The zero-order valence-electron chi connectivity index (χ0n) is 11.8. The molecular formula is C13H21N3O2Sn. The molecule has 1 saturated carbocycles. The molecule has 4 radical (unpaired) electrons. The molecule has 1 aliphatic heterocycles. The smallest absolute Gasteiger partial charge is 0.407 e. The second-order valence-corrected chi connectivity index (χ2v) is 6.27. The Morgan fingerprint density at radius 2 is 1.84 bits per heavy atom. The average Bonchev–Trinajstić information content (AvgIpc) is 2.49. The Kier molecular flexibility index (Phi) is 5.36.